The zero-order valence-electron chi connectivity index (χ0n) is 25.6. The maximum absolute atomic E-state index is 12.4. The van der Waals surface area contributed by atoms with Gasteiger partial charge in [0.05, 0.1) is 30.3 Å². The van der Waals surface area contributed by atoms with E-state index in [9.17, 15) is 13.2 Å². The molecule has 1 saturated heterocycles. The molecule has 2 fully saturated rings. The average Bonchev–Trinajstić information content (AvgIpc) is 3.25. The van der Waals surface area contributed by atoms with Crippen LogP contribution in [0.4, 0.5) is 5.69 Å². The van der Waals surface area contributed by atoms with Gasteiger partial charge in [-0.25, -0.2) is 8.42 Å². The Kier molecular flexibility index (Phi) is 7.95. The van der Waals surface area contributed by atoms with Crippen molar-refractivity contribution in [3.8, 4) is 22.8 Å². The first kappa shape index (κ1) is 29.7. The van der Waals surface area contributed by atoms with Crippen molar-refractivity contribution in [2.45, 2.75) is 56.1 Å². The largest absolute Gasteiger partial charge is 0.491 e. The van der Waals surface area contributed by atoms with Gasteiger partial charge in [0.25, 0.3) is 0 Å². The fraction of sp³-hybridized carbons (Fsp3) is 0.400. The predicted octanol–water partition coefficient (Wildman–Crippen LogP) is 5.67. The number of hydrogen-bond donors (Lipinski definition) is 1. The fourth-order valence-corrected chi connectivity index (χ4v) is 7.86. The van der Waals surface area contributed by atoms with Gasteiger partial charge in [-0.3, -0.25) is 4.79 Å². The highest BCUT2D eigenvalue weighted by Crippen LogP contribution is 2.48. The highest BCUT2D eigenvalue weighted by molar-refractivity contribution is 7.90. The number of benzene rings is 3. The minimum atomic E-state index is -3.38. The molecule has 10 heteroatoms. The molecule has 3 aromatic carbocycles. The van der Waals surface area contributed by atoms with E-state index in [-0.39, 0.29) is 11.5 Å². The number of sulfone groups is 1. The van der Waals surface area contributed by atoms with E-state index < -0.39 is 15.7 Å². The number of hydrogen-bond acceptors (Lipinski definition) is 7. The fourth-order valence-electron chi connectivity index (χ4n) is 7.19. The first-order chi connectivity index (χ1) is 21.8. The normalized spacial score (nSPS) is 17.3. The number of primary amides is 1. The second-order valence-electron chi connectivity index (χ2n) is 12.3. The summed E-state index contributed by atoms with van der Waals surface area (Å²) in [4.78, 5) is 14.6. The molecule has 0 atom stereocenters. The highest BCUT2D eigenvalue weighted by atomic mass is 32.2. The van der Waals surface area contributed by atoms with E-state index in [0.29, 0.717) is 43.6 Å². The Hall–Kier alpha value is -4.02. The van der Waals surface area contributed by atoms with Gasteiger partial charge in [-0.15, -0.1) is 0 Å². The van der Waals surface area contributed by atoms with E-state index in [1.165, 1.54) is 36.5 Å². The lowest BCUT2D eigenvalue weighted by Gasteiger charge is -2.30. The maximum atomic E-state index is 12.4. The SMILES string of the molecule is CS(=O)(=O)c1ccc(N2CCOCC2)c(COc2ccc3c(c2)OCCn2c-3c(C3CCCCC3)c3ccc(C(N)=O)cc32)c1. The molecule has 1 aliphatic carbocycles. The minimum absolute atomic E-state index is 0.207. The number of amides is 1. The van der Waals surface area contributed by atoms with Crippen LogP contribution in [0.1, 0.15) is 59.5 Å². The first-order valence-corrected chi connectivity index (χ1v) is 17.7. The monoisotopic (exact) mass is 629 g/mol. The number of anilines is 1. The number of carbonyl (C=O) groups excluding carboxylic acids is 1. The summed E-state index contributed by atoms with van der Waals surface area (Å²) in [5.41, 5.74) is 12.4. The van der Waals surface area contributed by atoms with Gasteiger partial charge in [0.15, 0.2) is 9.84 Å². The van der Waals surface area contributed by atoms with Crippen LogP contribution in [0.3, 0.4) is 0 Å². The molecule has 7 rings (SSSR count). The third-order valence-electron chi connectivity index (χ3n) is 9.41. The van der Waals surface area contributed by atoms with Crippen LogP contribution in [0.5, 0.6) is 11.5 Å². The molecule has 0 spiro atoms. The van der Waals surface area contributed by atoms with Crippen LogP contribution >= 0.6 is 0 Å². The molecule has 2 aliphatic heterocycles. The number of aromatic nitrogens is 1. The molecular weight excluding hydrogens is 590 g/mol. The topological polar surface area (TPSA) is 113 Å². The van der Waals surface area contributed by atoms with Gasteiger partial charge in [-0.05, 0) is 66.8 Å². The van der Waals surface area contributed by atoms with Crippen molar-refractivity contribution in [3.63, 3.8) is 0 Å². The molecule has 1 saturated carbocycles. The summed E-state index contributed by atoms with van der Waals surface area (Å²) in [6.45, 7) is 4.03. The Morgan fingerprint density at radius 2 is 1.76 bits per heavy atom. The van der Waals surface area contributed by atoms with Gasteiger partial charge in [0.2, 0.25) is 5.91 Å². The van der Waals surface area contributed by atoms with Crippen LogP contribution in [0.2, 0.25) is 0 Å². The van der Waals surface area contributed by atoms with Crippen LogP contribution in [-0.4, -0.2) is 58.1 Å². The lowest BCUT2D eigenvalue weighted by molar-refractivity contribution is 0.100. The predicted molar refractivity (Wildman–Crippen MR) is 174 cm³/mol. The summed E-state index contributed by atoms with van der Waals surface area (Å²) in [6.07, 6.45) is 7.18. The lowest BCUT2D eigenvalue weighted by Crippen LogP contribution is -2.36. The van der Waals surface area contributed by atoms with E-state index in [1.54, 1.807) is 12.1 Å². The number of carbonyl (C=O) groups is 1. The maximum Gasteiger partial charge on any atom is 0.248 e. The quantitative estimate of drug-likeness (QED) is 0.281. The third-order valence-corrected chi connectivity index (χ3v) is 10.5. The number of fused-ring (bicyclic) bond motifs is 5. The van der Waals surface area contributed by atoms with E-state index in [0.717, 1.165) is 59.7 Å². The van der Waals surface area contributed by atoms with Crippen molar-refractivity contribution in [1.29, 1.82) is 0 Å². The van der Waals surface area contributed by atoms with Crippen LogP contribution < -0.4 is 20.1 Å². The number of ether oxygens (including phenoxy) is 3. The summed E-state index contributed by atoms with van der Waals surface area (Å²) in [5.74, 6) is 1.39. The second kappa shape index (κ2) is 12.1. The van der Waals surface area contributed by atoms with Crippen molar-refractivity contribution in [2.75, 3.05) is 44.1 Å². The van der Waals surface area contributed by atoms with Crippen LogP contribution in [0.15, 0.2) is 59.5 Å². The molecule has 45 heavy (non-hydrogen) atoms. The average molecular weight is 630 g/mol. The van der Waals surface area contributed by atoms with E-state index >= 15 is 0 Å². The summed E-state index contributed by atoms with van der Waals surface area (Å²) < 4.78 is 45.3. The number of morpholine rings is 1. The van der Waals surface area contributed by atoms with Gasteiger partial charge in [-0.1, -0.05) is 25.3 Å². The zero-order valence-corrected chi connectivity index (χ0v) is 26.4. The van der Waals surface area contributed by atoms with Gasteiger partial charge >= 0.3 is 0 Å². The summed E-state index contributed by atoms with van der Waals surface area (Å²) in [6, 6.07) is 17.1. The summed E-state index contributed by atoms with van der Waals surface area (Å²) in [5, 5.41) is 1.18. The Labute approximate surface area is 263 Å². The number of nitrogens with zero attached hydrogens (tertiary/aromatic N) is 2. The highest BCUT2D eigenvalue weighted by Gasteiger charge is 2.30. The number of nitrogens with two attached hydrogens (primary N) is 1. The van der Waals surface area contributed by atoms with Crippen molar-refractivity contribution < 1.29 is 27.4 Å². The molecule has 3 aliphatic rings. The Balaban J connectivity index is 1.26. The van der Waals surface area contributed by atoms with Crippen molar-refractivity contribution >= 4 is 32.3 Å². The van der Waals surface area contributed by atoms with Crippen molar-refractivity contribution in [3.05, 3.63) is 71.3 Å². The standard InChI is InChI=1S/C35H39N3O6S/c1-45(40,41)27-9-12-30(37-13-16-42-17-14-37)25(19-27)22-44-26-8-11-29-32(21-26)43-18-15-38-31-20-24(35(36)39)7-10-28(31)33(34(29)38)23-5-3-2-4-6-23/h7-12,19-21,23H,2-6,13-18,22H2,1H3,(H2,36,39). The van der Waals surface area contributed by atoms with Crippen molar-refractivity contribution in [2.24, 2.45) is 5.73 Å². The van der Waals surface area contributed by atoms with E-state index in [2.05, 4.69) is 21.6 Å². The van der Waals surface area contributed by atoms with Gasteiger partial charge < -0.3 is 29.4 Å². The Morgan fingerprint density at radius 1 is 0.956 bits per heavy atom. The van der Waals surface area contributed by atoms with Crippen LogP contribution in [0.25, 0.3) is 22.2 Å². The van der Waals surface area contributed by atoms with Crippen LogP contribution in [0, 0.1) is 0 Å². The third kappa shape index (κ3) is 5.77. The minimum Gasteiger partial charge on any atom is -0.491 e. The smallest absolute Gasteiger partial charge is 0.248 e. The molecule has 1 amide bonds. The Morgan fingerprint density at radius 3 is 2.51 bits per heavy atom. The molecule has 4 aromatic rings. The molecule has 236 valence electrons. The molecule has 0 bridgehead atoms. The van der Waals surface area contributed by atoms with Crippen LogP contribution in [-0.2, 0) is 27.7 Å². The van der Waals surface area contributed by atoms with Crippen molar-refractivity contribution in [1.82, 2.24) is 4.57 Å². The summed E-state index contributed by atoms with van der Waals surface area (Å²) >= 11 is 0. The molecule has 1 aromatic heterocycles. The first-order valence-electron chi connectivity index (χ1n) is 15.8. The van der Waals surface area contributed by atoms with Gasteiger partial charge in [0, 0.05) is 58.7 Å². The zero-order chi connectivity index (χ0) is 31.1. The molecule has 2 N–H and O–H groups in total. The summed E-state index contributed by atoms with van der Waals surface area (Å²) in [7, 11) is -3.38. The van der Waals surface area contributed by atoms with Gasteiger partial charge in [0.1, 0.15) is 24.7 Å². The van der Waals surface area contributed by atoms with E-state index in [1.807, 2.05) is 30.3 Å². The Bertz CT molecular complexity index is 1870. The molecule has 0 radical (unpaired) electrons. The lowest BCUT2D eigenvalue weighted by atomic mass is 9.81. The second-order valence-corrected chi connectivity index (χ2v) is 14.3. The molecule has 3 heterocycles. The number of rotatable bonds is 7. The molecule has 9 nitrogen and oxygen atoms in total. The van der Waals surface area contributed by atoms with Gasteiger partial charge in [-0.2, -0.15) is 0 Å². The molecular formula is C35H39N3O6S. The molecule has 0 unspecified atom stereocenters. The van der Waals surface area contributed by atoms with E-state index in [4.69, 9.17) is 19.9 Å².